The van der Waals surface area contributed by atoms with E-state index in [9.17, 15) is 4.39 Å². The summed E-state index contributed by atoms with van der Waals surface area (Å²) in [6, 6.07) is 12.4. The predicted molar refractivity (Wildman–Crippen MR) is 84.0 cm³/mol. The molecule has 1 nitrogen and oxygen atoms in total. The first-order chi connectivity index (χ1) is 9.69. The molecule has 0 aliphatic carbocycles. The van der Waals surface area contributed by atoms with E-state index in [1.54, 1.807) is 6.07 Å². The first-order valence-electron chi connectivity index (χ1n) is 6.61. The second-order valence-corrected chi connectivity index (χ2v) is 6.04. The molecule has 4 heteroatoms. The molecule has 0 saturated carbocycles. The third-order valence-electron chi connectivity index (χ3n) is 2.80. The number of benzene rings is 2. The highest BCUT2D eigenvalue weighted by Crippen LogP contribution is 2.32. The highest BCUT2D eigenvalue weighted by Gasteiger charge is 2.06. The van der Waals surface area contributed by atoms with E-state index in [-0.39, 0.29) is 5.82 Å². The van der Waals surface area contributed by atoms with Crippen LogP contribution in [0.1, 0.15) is 18.9 Å². The Morgan fingerprint density at radius 3 is 2.80 bits per heavy atom. The standard InChI is InChI=1S/C16H17ClFNS/c1-2-8-19-11-12-6-7-13(17)9-16(12)20-15-5-3-4-14(18)10-15/h3-7,9-10,19H,2,8,11H2,1H3. The van der Waals surface area contributed by atoms with Crippen LogP contribution in [0.15, 0.2) is 52.3 Å². The molecule has 0 bridgehead atoms. The fourth-order valence-corrected chi connectivity index (χ4v) is 3.09. The Balaban J connectivity index is 2.18. The molecule has 0 atom stereocenters. The van der Waals surface area contributed by atoms with Crippen LogP contribution in [-0.4, -0.2) is 6.54 Å². The van der Waals surface area contributed by atoms with Gasteiger partial charge in [-0.1, -0.05) is 42.4 Å². The van der Waals surface area contributed by atoms with Crippen molar-refractivity contribution in [1.29, 1.82) is 0 Å². The van der Waals surface area contributed by atoms with E-state index < -0.39 is 0 Å². The molecule has 0 aliphatic rings. The number of rotatable bonds is 6. The van der Waals surface area contributed by atoms with Gasteiger partial charge in [0, 0.05) is 21.4 Å². The van der Waals surface area contributed by atoms with Crippen LogP contribution in [0.3, 0.4) is 0 Å². The van der Waals surface area contributed by atoms with E-state index >= 15 is 0 Å². The van der Waals surface area contributed by atoms with Crippen molar-refractivity contribution >= 4 is 23.4 Å². The Morgan fingerprint density at radius 2 is 2.05 bits per heavy atom. The molecule has 0 spiro atoms. The molecule has 20 heavy (non-hydrogen) atoms. The zero-order chi connectivity index (χ0) is 14.4. The summed E-state index contributed by atoms with van der Waals surface area (Å²) >= 11 is 7.60. The number of halogens is 2. The number of hydrogen-bond donors (Lipinski definition) is 1. The van der Waals surface area contributed by atoms with Crippen molar-refractivity contribution < 1.29 is 4.39 Å². The van der Waals surface area contributed by atoms with Crippen molar-refractivity contribution in [2.75, 3.05) is 6.54 Å². The van der Waals surface area contributed by atoms with Gasteiger partial charge in [0.25, 0.3) is 0 Å². The van der Waals surface area contributed by atoms with Crippen LogP contribution in [0, 0.1) is 5.82 Å². The number of nitrogens with one attached hydrogen (secondary N) is 1. The van der Waals surface area contributed by atoms with Crippen LogP contribution in [-0.2, 0) is 6.54 Å². The van der Waals surface area contributed by atoms with Crippen LogP contribution in [0.4, 0.5) is 4.39 Å². The van der Waals surface area contributed by atoms with E-state index in [1.807, 2.05) is 24.3 Å². The van der Waals surface area contributed by atoms with Gasteiger partial charge in [0.15, 0.2) is 0 Å². The van der Waals surface area contributed by atoms with Crippen LogP contribution in [0.2, 0.25) is 5.02 Å². The van der Waals surface area contributed by atoms with E-state index in [4.69, 9.17) is 11.6 Å². The summed E-state index contributed by atoms with van der Waals surface area (Å²) in [5.41, 5.74) is 1.18. The fraction of sp³-hybridized carbons (Fsp3) is 0.250. The average Bonchev–Trinajstić information content (AvgIpc) is 2.41. The van der Waals surface area contributed by atoms with Crippen LogP contribution >= 0.6 is 23.4 Å². The Bertz CT molecular complexity index is 574. The lowest BCUT2D eigenvalue weighted by atomic mass is 10.2. The van der Waals surface area contributed by atoms with Gasteiger partial charge in [-0.2, -0.15) is 0 Å². The third kappa shape index (κ3) is 4.51. The monoisotopic (exact) mass is 309 g/mol. The Labute approximate surface area is 128 Å². The summed E-state index contributed by atoms with van der Waals surface area (Å²) < 4.78 is 13.2. The highest BCUT2D eigenvalue weighted by molar-refractivity contribution is 7.99. The van der Waals surface area contributed by atoms with E-state index in [0.29, 0.717) is 5.02 Å². The van der Waals surface area contributed by atoms with Gasteiger partial charge < -0.3 is 5.32 Å². The maximum absolute atomic E-state index is 13.2. The summed E-state index contributed by atoms with van der Waals surface area (Å²) in [7, 11) is 0. The molecular formula is C16H17ClFNS. The molecule has 2 aromatic carbocycles. The van der Waals surface area contributed by atoms with E-state index in [1.165, 1.54) is 29.5 Å². The summed E-state index contributed by atoms with van der Waals surface area (Å²) in [5, 5.41) is 4.08. The topological polar surface area (TPSA) is 12.0 Å². The van der Waals surface area contributed by atoms with Gasteiger partial charge in [-0.15, -0.1) is 0 Å². The van der Waals surface area contributed by atoms with Gasteiger partial charge >= 0.3 is 0 Å². The largest absolute Gasteiger partial charge is 0.313 e. The van der Waals surface area contributed by atoms with Crippen molar-refractivity contribution in [3.63, 3.8) is 0 Å². The van der Waals surface area contributed by atoms with Gasteiger partial charge in [0.05, 0.1) is 0 Å². The second-order valence-electron chi connectivity index (χ2n) is 4.49. The summed E-state index contributed by atoms with van der Waals surface area (Å²) in [6.45, 7) is 3.91. The first-order valence-corrected chi connectivity index (χ1v) is 7.81. The van der Waals surface area contributed by atoms with Gasteiger partial charge in [-0.25, -0.2) is 4.39 Å². The summed E-state index contributed by atoms with van der Waals surface area (Å²) in [6.07, 6.45) is 1.10. The van der Waals surface area contributed by atoms with Gasteiger partial charge in [0.1, 0.15) is 5.82 Å². The molecule has 0 aromatic heterocycles. The molecule has 0 heterocycles. The molecular weight excluding hydrogens is 293 g/mol. The van der Waals surface area contributed by atoms with Crippen molar-refractivity contribution in [3.05, 3.63) is 58.9 Å². The molecule has 0 amide bonds. The van der Waals surface area contributed by atoms with Crippen molar-refractivity contribution in [3.8, 4) is 0 Å². The maximum Gasteiger partial charge on any atom is 0.124 e. The lowest BCUT2D eigenvalue weighted by Crippen LogP contribution is -2.14. The summed E-state index contributed by atoms with van der Waals surface area (Å²) in [5.74, 6) is -0.220. The van der Waals surface area contributed by atoms with Gasteiger partial charge in [-0.05, 0) is 48.9 Å². The molecule has 0 radical (unpaired) electrons. The first kappa shape index (κ1) is 15.4. The third-order valence-corrected chi connectivity index (χ3v) is 4.12. The Kier molecular flexibility index (Phi) is 5.89. The molecule has 0 fully saturated rings. The SMILES string of the molecule is CCCNCc1ccc(Cl)cc1Sc1cccc(F)c1. The average molecular weight is 310 g/mol. The van der Waals surface area contributed by atoms with Crippen molar-refractivity contribution in [2.45, 2.75) is 29.7 Å². The smallest absolute Gasteiger partial charge is 0.124 e. The van der Waals surface area contributed by atoms with E-state index in [2.05, 4.69) is 12.2 Å². The predicted octanol–water partition coefficient (Wildman–Crippen LogP) is 5.13. The Hall–Kier alpha value is -1.03. The zero-order valence-corrected chi connectivity index (χ0v) is 12.9. The fourth-order valence-electron chi connectivity index (χ4n) is 1.83. The molecule has 1 N–H and O–H groups in total. The van der Waals surface area contributed by atoms with Gasteiger partial charge in [-0.3, -0.25) is 0 Å². The molecule has 0 aliphatic heterocycles. The minimum absolute atomic E-state index is 0.220. The zero-order valence-electron chi connectivity index (χ0n) is 11.3. The van der Waals surface area contributed by atoms with Crippen molar-refractivity contribution in [2.24, 2.45) is 0 Å². The lowest BCUT2D eigenvalue weighted by molar-refractivity contribution is 0.624. The normalized spacial score (nSPS) is 10.8. The van der Waals surface area contributed by atoms with Crippen molar-refractivity contribution in [1.82, 2.24) is 5.32 Å². The molecule has 0 unspecified atom stereocenters. The minimum Gasteiger partial charge on any atom is -0.313 e. The number of hydrogen-bond acceptors (Lipinski definition) is 2. The summed E-state index contributed by atoms with van der Waals surface area (Å²) in [4.78, 5) is 1.94. The van der Waals surface area contributed by atoms with Crippen LogP contribution < -0.4 is 5.32 Å². The molecule has 2 rings (SSSR count). The minimum atomic E-state index is -0.220. The quantitative estimate of drug-likeness (QED) is 0.742. The van der Waals surface area contributed by atoms with Crippen LogP contribution in [0.25, 0.3) is 0 Å². The second kappa shape index (κ2) is 7.67. The van der Waals surface area contributed by atoms with Gasteiger partial charge in [0.2, 0.25) is 0 Å². The molecule has 106 valence electrons. The molecule has 0 saturated heterocycles. The maximum atomic E-state index is 13.2. The highest BCUT2D eigenvalue weighted by atomic mass is 35.5. The molecule has 2 aromatic rings. The van der Waals surface area contributed by atoms with E-state index in [0.717, 1.165) is 29.3 Å². The Morgan fingerprint density at radius 1 is 1.20 bits per heavy atom. The van der Waals surface area contributed by atoms with Crippen LogP contribution in [0.5, 0.6) is 0 Å². The lowest BCUT2D eigenvalue weighted by Gasteiger charge is -2.11.